The van der Waals surface area contributed by atoms with Crippen molar-refractivity contribution in [1.29, 1.82) is 5.26 Å². The fourth-order valence-corrected chi connectivity index (χ4v) is 5.37. The van der Waals surface area contributed by atoms with Gasteiger partial charge >= 0.3 is 0 Å². The highest BCUT2D eigenvalue weighted by Crippen LogP contribution is 2.24. The lowest BCUT2D eigenvalue weighted by Gasteiger charge is -2.33. The third kappa shape index (κ3) is 6.03. The first-order valence-electron chi connectivity index (χ1n) is 10.3. The third-order valence-electron chi connectivity index (χ3n) is 5.51. The molecule has 1 heterocycles. The summed E-state index contributed by atoms with van der Waals surface area (Å²) in [6, 6.07) is 18.4. The van der Waals surface area contributed by atoms with Crippen LogP contribution in [0.5, 0.6) is 0 Å². The van der Waals surface area contributed by atoms with Crippen LogP contribution in [0.15, 0.2) is 67.3 Å². The summed E-state index contributed by atoms with van der Waals surface area (Å²) in [4.78, 5) is 14.9. The first-order chi connectivity index (χ1) is 14.9. The van der Waals surface area contributed by atoms with Crippen LogP contribution in [0.2, 0.25) is 0 Å². The smallest absolute Gasteiger partial charge is 0.226 e. The molecule has 0 atom stereocenters. The Morgan fingerprint density at radius 2 is 1.74 bits per heavy atom. The van der Waals surface area contributed by atoms with Crippen LogP contribution in [-0.4, -0.2) is 43.2 Å². The molecular formula is C24H27N3O3S. The van der Waals surface area contributed by atoms with Gasteiger partial charge in [0, 0.05) is 32.1 Å². The summed E-state index contributed by atoms with van der Waals surface area (Å²) < 4.78 is 27.0. The minimum absolute atomic E-state index is 0.0179. The van der Waals surface area contributed by atoms with E-state index in [1.54, 1.807) is 23.1 Å². The van der Waals surface area contributed by atoms with Crippen LogP contribution in [0, 0.1) is 17.2 Å². The predicted octanol–water partition coefficient (Wildman–Crippen LogP) is 3.31. The molecule has 6 nitrogen and oxygen atoms in total. The number of hydrogen-bond acceptors (Lipinski definition) is 4. The molecule has 2 aromatic rings. The van der Waals surface area contributed by atoms with E-state index in [9.17, 15) is 13.2 Å². The number of nitriles is 1. The molecule has 1 aliphatic heterocycles. The molecule has 0 aliphatic carbocycles. The van der Waals surface area contributed by atoms with Crippen molar-refractivity contribution in [3.05, 3.63) is 83.9 Å². The van der Waals surface area contributed by atoms with Gasteiger partial charge in [-0.2, -0.15) is 5.26 Å². The van der Waals surface area contributed by atoms with Crippen molar-refractivity contribution in [3.63, 3.8) is 0 Å². The maximum Gasteiger partial charge on any atom is 0.226 e. The van der Waals surface area contributed by atoms with Crippen molar-refractivity contribution in [3.8, 4) is 6.07 Å². The summed E-state index contributed by atoms with van der Waals surface area (Å²) in [5, 5.41) is 8.94. The summed E-state index contributed by atoms with van der Waals surface area (Å²) in [5.41, 5.74) is 2.28. The second-order valence-corrected chi connectivity index (χ2v) is 9.70. The Kier molecular flexibility index (Phi) is 7.61. The van der Waals surface area contributed by atoms with Gasteiger partial charge in [-0.05, 0) is 36.1 Å². The molecule has 1 amide bonds. The number of piperidine rings is 1. The van der Waals surface area contributed by atoms with E-state index >= 15 is 0 Å². The number of carbonyl (C=O) groups is 1. The first kappa shape index (κ1) is 22.7. The van der Waals surface area contributed by atoms with E-state index in [1.807, 2.05) is 42.5 Å². The van der Waals surface area contributed by atoms with Crippen LogP contribution < -0.4 is 0 Å². The molecule has 0 unspecified atom stereocenters. The Balaban J connectivity index is 1.60. The Hall–Kier alpha value is -2.95. The molecule has 0 saturated carbocycles. The Bertz CT molecular complexity index is 1040. The van der Waals surface area contributed by atoms with E-state index in [0.717, 1.165) is 11.1 Å². The molecule has 0 spiro atoms. The molecule has 31 heavy (non-hydrogen) atoms. The Morgan fingerprint density at radius 3 is 2.32 bits per heavy atom. The van der Waals surface area contributed by atoms with Crippen molar-refractivity contribution in [2.24, 2.45) is 5.92 Å². The van der Waals surface area contributed by atoms with Crippen LogP contribution in [0.25, 0.3) is 0 Å². The number of rotatable bonds is 8. The van der Waals surface area contributed by atoms with Gasteiger partial charge in [0.15, 0.2) is 0 Å². The maximum absolute atomic E-state index is 13.1. The van der Waals surface area contributed by atoms with Gasteiger partial charge in [0.1, 0.15) is 0 Å². The quantitative estimate of drug-likeness (QED) is 0.593. The van der Waals surface area contributed by atoms with Gasteiger partial charge in [0.25, 0.3) is 0 Å². The number of amides is 1. The molecule has 0 bridgehead atoms. The highest BCUT2D eigenvalue weighted by Gasteiger charge is 2.32. The zero-order valence-corrected chi connectivity index (χ0v) is 18.3. The van der Waals surface area contributed by atoms with Crippen molar-refractivity contribution >= 4 is 15.9 Å². The molecule has 0 aromatic heterocycles. The van der Waals surface area contributed by atoms with Crippen LogP contribution in [-0.2, 0) is 27.1 Å². The predicted molar refractivity (Wildman–Crippen MR) is 120 cm³/mol. The SMILES string of the molecule is C=CCN(Cc1ccc(C#N)cc1)C(=O)C1CCN(S(=O)(=O)Cc2ccccc2)CC1. The first-order valence-corrected chi connectivity index (χ1v) is 11.9. The number of nitrogens with zero attached hydrogens (tertiary/aromatic N) is 3. The maximum atomic E-state index is 13.1. The largest absolute Gasteiger partial charge is 0.334 e. The second kappa shape index (κ2) is 10.4. The van der Waals surface area contributed by atoms with Crippen molar-refractivity contribution in [2.45, 2.75) is 25.1 Å². The van der Waals surface area contributed by atoms with Crippen molar-refractivity contribution in [2.75, 3.05) is 19.6 Å². The minimum Gasteiger partial charge on any atom is -0.334 e. The van der Waals surface area contributed by atoms with Gasteiger partial charge in [-0.15, -0.1) is 6.58 Å². The molecule has 3 rings (SSSR count). The highest BCUT2D eigenvalue weighted by molar-refractivity contribution is 7.88. The summed E-state index contributed by atoms with van der Waals surface area (Å²) in [5.74, 6) is -0.209. The van der Waals surface area contributed by atoms with E-state index in [0.29, 0.717) is 44.6 Å². The Morgan fingerprint density at radius 1 is 1.10 bits per heavy atom. The van der Waals surface area contributed by atoms with E-state index in [1.165, 1.54) is 4.31 Å². The van der Waals surface area contributed by atoms with Gasteiger partial charge in [0.2, 0.25) is 15.9 Å². The topological polar surface area (TPSA) is 81.5 Å². The molecule has 0 radical (unpaired) electrons. The molecule has 1 saturated heterocycles. The number of carbonyl (C=O) groups excluding carboxylic acids is 1. The molecule has 7 heteroatoms. The van der Waals surface area contributed by atoms with Gasteiger partial charge in [-0.3, -0.25) is 4.79 Å². The average molecular weight is 438 g/mol. The zero-order valence-electron chi connectivity index (χ0n) is 17.5. The normalized spacial score (nSPS) is 15.2. The lowest BCUT2D eigenvalue weighted by atomic mass is 9.96. The number of sulfonamides is 1. The van der Waals surface area contributed by atoms with Gasteiger partial charge in [-0.1, -0.05) is 48.5 Å². The lowest BCUT2D eigenvalue weighted by molar-refractivity contribution is -0.136. The molecule has 1 aliphatic rings. The van der Waals surface area contributed by atoms with E-state index < -0.39 is 10.0 Å². The minimum atomic E-state index is -3.41. The third-order valence-corrected chi connectivity index (χ3v) is 7.36. The summed E-state index contributed by atoms with van der Waals surface area (Å²) >= 11 is 0. The Labute approximate surface area is 184 Å². The van der Waals surface area contributed by atoms with E-state index in [2.05, 4.69) is 12.6 Å². The van der Waals surface area contributed by atoms with Crippen LogP contribution in [0.3, 0.4) is 0 Å². The number of hydrogen-bond donors (Lipinski definition) is 0. The van der Waals surface area contributed by atoms with Crippen LogP contribution in [0.1, 0.15) is 29.5 Å². The van der Waals surface area contributed by atoms with E-state index in [4.69, 9.17) is 5.26 Å². The zero-order chi connectivity index (χ0) is 22.3. The summed E-state index contributed by atoms with van der Waals surface area (Å²) in [7, 11) is -3.41. The average Bonchev–Trinajstić information content (AvgIpc) is 2.79. The number of benzene rings is 2. The summed E-state index contributed by atoms with van der Waals surface area (Å²) in [6.07, 6.45) is 2.71. The lowest BCUT2D eigenvalue weighted by Crippen LogP contribution is -2.44. The van der Waals surface area contributed by atoms with Crippen LogP contribution in [0.4, 0.5) is 0 Å². The molecule has 162 valence electrons. The van der Waals surface area contributed by atoms with E-state index in [-0.39, 0.29) is 17.6 Å². The van der Waals surface area contributed by atoms with Gasteiger partial charge < -0.3 is 4.90 Å². The second-order valence-electron chi connectivity index (χ2n) is 7.73. The fourth-order valence-electron chi connectivity index (χ4n) is 3.81. The summed E-state index contributed by atoms with van der Waals surface area (Å²) in [6.45, 7) is 5.32. The monoisotopic (exact) mass is 437 g/mol. The van der Waals surface area contributed by atoms with Crippen LogP contribution >= 0.6 is 0 Å². The standard InChI is InChI=1S/C24H27N3O3S/c1-2-14-26(18-21-10-8-20(17-25)9-11-21)24(28)23-12-15-27(16-13-23)31(29,30)19-22-6-4-3-5-7-22/h2-11,23H,1,12-16,18-19H2. The molecular weight excluding hydrogens is 410 g/mol. The highest BCUT2D eigenvalue weighted by atomic mass is 32.2. The molecule has 1 fully saturated rings. The van der Waals surface area contributed by atoms with Gasteiger partial charge in [-0.25, -0.2) is 12.7 Å². The molecule has 2 aromatic carbocycles. The van der Waals surface area contributed by atoms with Crippen molar-refractivity contribution in [1.82, 2.24) is 9.21 Å². The van der Waals surface area contributed by atoms with Crippen molar-refractivity contribution < 1.29 is 13.2 Å². The fraction of sp³-hybridized carbons (Fsp3) is 0.333. The van der Waals surface area contributed by atoms with Gasteiger partial charge in [0.05, 0.1) is 17.4 Å². The molecule has 0 N–H and O–H groups in total.